The van der Waals surface area contributed by atoms with Crippen LogP contribution < -0.4 is 16.4 Å². The Morgan fingerprint density at radius 1 is 1.47 bits per heavy atom. The standard InChI is InChI=1S/C10H11N5OS/c1-17-10(13-6-11)15-8-4-2-7(3-5-8)14-9(12)16/h2-5H,1H3,(H,13,15)(H3,12,14,16). The highest BCUT2D eigenvalue weighted by Gasteiger charge is 1.98. The molecular weight excluding hydrogens is 238 g/mol. The fourth-order valence-corrected chi connectivity index (χ4v) is 1.40. The zero-order chi connectivity index (χ0) is 12.7. The minimum Gasteiger partial charge on any atom is -0.351 e. The number of aliphatic imine (C=N–C) groups is 1. The van der Waals surface area contributed by atoms with Gasteiger partial charge in [0.15, 0.2) is 11.4 Å². The maximum atomic E-state index is 10.6. The first kappa shape index (κ1) is 12.9. The van der Waals surface area contributed by atoms with Crippen molar-refractivity contribution in [1.29, 1.82) is 5.26 Å². The summed E-state index contributed by atoms with van der Waals surface area (Å²) in [6.07, 6.45) is 3.61. The summed E-state index contributed by atoms with van der Waals surface area (Å²) in [4.78, 5) is 14.8. The smallest absolute Gasteiger partial charge is 0.316 e. The predicted octanol–water partition coefficient (Wildman–Crippen LogP) is 1.60. The first-order chi connectivity index (χ1) is 8.15. The lowest BCUT2D eigenvalue weighted by Crippen LogP contribution is -2.19. The second-order valence-corrected chi connectivity index (χ2v) is 3.69. The van der Waals surface area contributed by atoms with E-state index in [0.29, 0.717) is 16.5 Å². The SMILES string of the molecule is CSC(=Nc1ccc(NC(N)=O)cc1)NC#N. The van der Waals surface area contributed by atoms with E-state index < -0.39 is 6.03 Å². The van der Waals surface area contributed by atoms with Crippen molar-refractivity contribution < 1.29 is 4.79 Å². The molecule has 6 nitrogen and oxygen atoms in total. The van der Waals surface area contributed by atoms with Crippen LogP contribution in [0.15, 0.2) is 29.3 Å². The molecule has 7 heteroatoms. The lowest BCUT2D eigenvalue weighted by atomic mass is 10.3. The topological polar surface area (TPSA) is 103 Å². The number of urea groups is 1. The lowest BCUT2D eigenvalue weighted by molar-refractivity contribution is 0.259. The number of hydrogen-bond donors (Lipinski definition) is 3. The van der Waals surface area contributed by atoms with Crippen LogP contribution in [-0.2, 0) is 0 Å². The lowest BCUT2D eigenvalue weighted by Gasteiger charge is -2.02. The van der Waals surface area contributed by atoms with E-state index in [1.165, 1.54) is 11.8 Å². The van der Waals surface area contributed by atoms with Crippen molar-refractivity contribution in [2.75, 3.05) is 11.6 Å². The average Bonchev–Trinajstić information content (AvgIpc) is 2.30. The molecule has 17 heavy (non-hydrogen) atoms. The van der Waals surface area contributed by atoms with Crippen LogP contribution in [0.4, 0.5) is 16.2 Å². The van der Waals surface area contributed by atoms with Crippen molar-refractivity contribution in [1.82, 2.24) is 5.32 Å². The minimum absolute atomic E-state index is 0.503. The summed E-state index contributed by atoms with van der Waals surface area (Å²) < 4.78 is 0. The highest BCUT2D eigenvalue weighted by atomic mass is 32.2. The fraction of sp³-hybridized carbons (Fsp3) is 0.100. The Hall–Kier alpha value is -2.20. The van der Waals surface area contributed by atoms with Gasteiger partial charge < -0.3 is 11.1 Å². The number of carbonyl (C=O) groups is 1. The highest BCUT2D eigenvalue weighted by Crippen LogP contribution is 2.17. The molecule has 4 N–H and O–H groups in total. The third-order valence-electron chi connectivity index (χ3n) is 1.72. The second kappa shape index (κ2) is 6.40. The van der Waals surface area contributed by atoms with Gasteiger partial charge in [0.25, 0.3) is 0 Å². The molecule has 0 fully saturated rings. The molecule has 1 rings (SSSR count). The van der Waals surface area contributed by atoms with E-state index in [2.05, 4.69) is 15.6 Å². The maximum Gasteiger partial charge on any atom is 0.316 e. The summed E-state index contributed by atoms with van der Waals surface area (Å²) in [6, 6.07) is 6.15. The van der Waals surface area contributed by atoms with Crippen molar-refractivity contribution in [3.05, 3.63) is 24.3 Å². The molecule has 0 spiro atoms. The number of amidine groups is 1. The third kappa shape index (κ3) is 4.44. The number of rotatable bonds is 2. The number of nitrogens with two attached hydrogens (primary N) is 1. The average molecular weight is 249 g/mol. The molecular formula is C10H11N5OS. The van der Waals surface area contributed by atoms with Gasteiger partial charge in [-0.1, -0.05) is 11.8 Å². The number of amides is 2. The number of thioether (sulfide) groups is 1. The van der Waals surface area contributed by atoms with Gasteiger partial charge in [-0.15, -0.1) is 0 Å². The number of primary amides is 1. The number of benzene rings is 1. The Balaban J connectivity index is 2.80. The number of nitrogens with zero attached hydrogens (tertiary/aromatic N) is 2. The van der Waals surface area contributed by atoms with E-state index in [-0.39, 0.29) is 0 Å². The van der Waals surface area contributed by atoms with Gasteiger partial charge in [-0.3, -0.25) is 5.32 Å². The Morgan fingerprint density at radius 2 is 2.12 bits per heavy atom. The van der Waals surface area contributed by atoms with Crippen LogP contribution in [-0.4, -0.2) is 17.5 Å². The molecule has 1 aromatic carbocycles. The zero-order valence-corrected chi connectivity index (χ0v) is 9.91. The molecule has 0 aliphatic carbocycles. The van der Waals surface area contributed by atoms with E-state index in [9.17, 15) is 4.79 Å². The molecule has 0 saturated heterocycles. The normalized spacial score (nSPS) is 10.5. The van der Waals surface area contributed by atoms with E-state index >= 15 is 0 Å². The molecule has 0 aromatic heterocycles. The first-order valence-electron chi connectivity index (χ1n) is 4.60. The van der Waals surface area contributed by atoms with Crippen molar-refractivity contribution in [2.24, 2.45) is 10.7 Å². The van der Waals surface area contributed by atoms with Crippen molar-refractivity contribution >= 4 is 34.3 Å². The van der Waals surface area contributed by atoms with Crippen LogP contribution in [0.1, 0.15) is 0 Å². The van der Waals surface area contributed by atoms with Crippen LogP contribution in [0, 0.1) is 11.5 Å². The zero-order valence-electron chi connectivity index (χ0n) is 9.10. The molecule has 0 radical (unpaired) electrons. The molecule has 88 valence electrons. The second-order valence-electron chi connectivity index (χ2n) is 2.89. The summed E-state index contributed by atoms with van der Waals surface area (Å²) in [7, 11) is 0. The third-order valence-corrected chi connectivity index (χ3v) is 2.30. The Kier molecular flexibility index (Phi) is 4.84. The van der Waals surface area contributed by atoms with Crippen LogP contribution in [0.3, 0.4) is 0 Å². The predicted molar refractivity (Wildman–Crippen MR) is 69.0 cm³/mol. The van der Waals surface area contributed by atoms with Gasteiger partial charge in [-0.05, 0) is 30.5 Å². The number of carbonyl (C=O) groups excluding carboxylic acids is 1. The number of anilines is 1. The van der Waals surface area contributed by atoms with Crippen molar-refractivity contribution in [3.63, 3.8) is 0 Å². The van der Waals surface area contributed by atoms with E-state index in [1.54, 1.807) is 30.5 Å². The molecule has 0 saturated carbocycles. The van der Waals surface area contributed by atoms with Crippen LogP contribution in [0.2, 0.25) is 0 Å². The highest BCUT2D eigenvalue weighted by molar-refractivity contribution is 8.13. The Labute approximate surface area is 103 Å². The largest absolute Gasteiger partial charge is 0.351 e. The van der Waals surface area contributed by atoms with Crippen LogP contribution in [0.5, 0.6) is 0 Å². The maximum absolute atomic E-state index is 10.6. The van der Waals surface area contributed by atoms with Gasteiger partial charge in [0.2, 0.25) is 0 Å². The minimum atomic E-state index is -0.614. The van der Waals surface area contributed by atoms with E-state index in [1.807, 2.05) is 6.26 Å². The van der Waals surface area contributed by atoms with Crippen LogP contribution >= 0.6 is 11.8 Å². The molecule has 0 unspecified atom stereocenters. The number of nitrogens with one attached hydrogen (secondary N) is 2. The van der Waals surface area contributed by atoms with E-state index in [4.69, 9.17) is 11.0 Å². The Morgan fingerprint density at radius 3 is 2.59 bits per heavy atom. The van der Waals surface area contributed by atoms with Crippen molar-refractivity contribution in [3.8, 4) is 6.19 Å². The van der Waals surface area contributed by atoms with E-state index in [0.717, 1.165) is 0 Å². The van der Waals surface area contributed by atoms with Gasteiger partial charge in [-0.25, -0.2) is 9.79 Å². The molecule has 1 aromatic rings. The molecule has 2 amide bonds. The van der Waals surface area contributed by atoms with Gasteiger partial charge in [-0.2, -0.15) is 5.26 Å². The molecule has 0 atom stereocenters. The molecule has 0 aliphatic heterocycles. The van der Waals surface area contributed by atoms with Gasteiger partial charge in [0.05, 0.1) is 5.69 Å². The monoisotopic (exact) mass is 249 g/mol. The summed E-state index contributed by atoms with van der Waals surface area (Å²) >= 11 is 1.33. The quantitative estimate of drug-likeness (QED) is 0.320. The first-order valence-corrected chi connectivity index (χ1v) is 5.82. The number of nitriles is 1. The number of hydrogen-bond acceptors (Lipinski definition) is 4. The molecule has 0 heterocycles. The van der Waals surface area contributed by atoms with Crippen LogP contribution in [0.25, 0.3) is 0 Å². The molecule has 0 bridgehead atoms. The van der Waals surface area contributed by atoms with Crippen molar-refractivity contribution in [2.45, 2.75) is 0 Å². The van der Waals surface area contributed by atoms with Gasteiger partial charge in [0, 0.05) is 5.69 Å². The molecule has 0 aliphatic rings. The summed E-state index contributed by atoms with van der Waals surface area (Å²) in [5.41, 5.74) is 6.24. The summed E-state index contributed by atoms with van der Waals surface area (Å²) in [5, 5.41) is 13.9. The fourth-order valence-electron chi connectivity index (χ4n) is 1.05. The Bertz CT molecular complexity index is 463. The van der Waals surface area contributed by atoms with Gasteiger partial charge in [0.1, 0.15) is 0 Å². The summed E-state index contributed by atoms with van der Waals surface area (Å²) in [5.74, 6) is 0. The van der Waals surface area contributed by atoms with Gasteiger partial charge >= 0.3 is 6.03 Å². The summed E-state index contributed by atoms with van der Waals surface area (Å²) in [6.45, 7) is 0.